The molecule has 0 radical (unpaired) electrons. The number of non-ortho nitro benzene ring substituents is 1. The predicted molar refractivity (Wildman–Crippen MR) is 78.6 cm³/mol. The lowest BCUT2D eigenvalue weighted by Gasteiger charge is -2.22. The fourth-order valence-electron chi connectivity index (χ4n) is 1.66. The Hall–Kier alpha value is -1.65. The van der Waals surface area contributed by atoms with Crippen molar-refractivity contribution < 1.29 is 9.66 Å². The van der Waals surface area contributed by atoms with Crippen LogP contribution in [0.4, 0.5) is 5.69 Å². The van der Waals surface area contributed by atoms with Crippen molar-refractivity contribution in [2.75, 3.05) is 13.2 Å². The first-order valence-electron chi connectivity index (χ1n) is 6.15. The van der Waals surface area contributed by atoms with Crippen LogP contribution in [0.25, 0.3) is 0 Å². The number of rotatable bonds is 7. The van der Waals surface area contributed by atoms with E-state index in [0.717, 1.165) is 0 Å². The Labute approximate surface area is 126 Å². The van der Waals surface area contributed by atoms with E-state index in [1.165, 1.54) is 12.1 Å². The Balaban J connectivity index is 2.68. The third-order valence-corrected chi connectivity index (χ3v) is 3.45. The molecule has 1 atom stereocenters. The van der Waals surface area contributed by atoms with Crippen molar-refractivity contribution in [3.63, 3.8) is 0 Å². The van der Waals surface area contributed by atoms with Gasteiger partial charge in [0.15, 0.2) is 0 Å². The predicted octanol–water partition coefficient (Wildman–Crippen LogP) is 3.02. The van der Waals surface area contributed by atoms with Gasteiger partial charge in [-0.15, -0.1) is 0 Å². The van der Waals surface area contributed by atoms with Crippen LogP contribution in [0.2, 0.25) is 0 Å². The highest BCUT2D eigenvalue weighted by molar-refractivity contribution is 9.10. The van der Waals surface area contributed by atoms with Crippen LogP contribution in [0.3, 0.4) is 0 Å². The number of benzene rings is 1. The minimum Gasteiger partial charge on any atom is -0.492 e. The molecule has 0 fully saturated rings. The standard InChI is InChI=1S/C13H16BrN3O3/c1-3-16-13(2,9-15)6-7-20-12-8-10(17(18)19)4-5-11(12)14/h4-5,8,16H,3,6-7H2,1-2H3. The summed E-state index contributed by atoms with van der Waals surface area (Å²) in [4.78, 5) is 10.2. The highest BCUT2D eigenvalue weighted by Gasteiger charge is 2.22. The van der Waals surface area contributed by atoms with Crippen LogP contribution in [0.1, 0.15) is 20.3 Å². The summed E-state index contributed by atoms with van der Waals surface area (Å²) >= 11 is 3.28. The molecule has 1 unspecified atom stereocenters. The maximum Gasteiger partial charge on any atom is 0.273 e. The van der Waals surface area contributed by atoms with Gasteiger partial charge in [0.2, 0.25) is 0 Å². The minimum absolute atomic E-state index is 0.0297. The van der Waals surface area contributed by atoms with Crippen molar-refractivity contribution >= 4 is 21.6 Å². The highest BCUT2D eigenvalue weighted by atomic mass is 79.9. The van der Waals surface area contributed by atoms with Crippen molar-refractivity contribution in [2.24, 2.45) is 0 Å². The Kier molecular flexibility index (Phi) is 5.92. The molecule has 108 valence electrons. The van der Waals surface area contributed by atoms with E-state index in [1.54, 1.807) is 13.0 Å². The molecule has 1 aromatic carbocycles. The number of nitrogens with zero attached hydrogens (tertiary/aromatic N) is 2. The molecule has 1 N–H and O–H groups in total. The van der Waals surface area contributed by atoms with Gasteiger partial charge in [-0.25, -0.2) is 0 Å². The summed E-state index contributed by atoms with van der Waals surface area (Å²) in [6.45, 7) is 4.69. The maximum absolute atomic E-state index is 10.7. The molecule has 0 heterocycles. The molecular weight excluding hydrogens is 326 g/mol. The van der Waals surface area contributed by atoms with Crippen LogP contribution < -0.4 is 10.1 Å². The average molecular weight is 342 g/mol. The average Bonchev–Trinajstić information content (AvgIpc) is 2.41. The van der Waals surface area contributed by atoms with E-state index >= 15 is 0 Å². The van der Waals surface area contributed by atoms with E-state index in [-0.39, 0.29) is 12.3 Å². The van der Waals surface area contributed by atoms with Gasteiger partial charge in [0.1, 0.15) is 11.3 Å². The Morgan fingerprint density at radius 1 is 1.60 bits per heavy atom. The Bertz CT molecular complexity index is 530. The molecule has 0 amide bonds. The number of nitriles is 1. The SMILES string of the molecule is CCNC(C)(C#N)CCOc1cc([N+](=O)[O-])ccc1Br. The fraction of sp³-hybridized carbons (Fsp3) is 0.462. The Morgan fingerprint density at radius 2 is 2.30 bits per heavy atom. The number of nitrogens with one attached hydrogen (secondary N) is 1. The molecule has 6 nitrogen and oxygen atoms in total. The van der Waals surface area contributed by atoms with Gasteiger partial charge >= 0.3 is 0 Å². The van der Waals surface area contributed by atoms with Crippen molar-refractivity contribution in [1.29, 1.82) is 5.26 Å². The molecule has 0 saturated carbocycles. The smallest absolute Gasteiger partial charge is 0.273 e. The number of halogens is 1. The van der Waals surface area contributed by atoms with Crippen molar-refractivity contribution in [3.05, 3.63) is 32.8 Å². The number of hydrogen-bond donors (Lipinski definition) is 1. The third-order valence-electron chi connectivity index (χ3n) is 2.80. The van der Waals surface area contributed by atoms with Crippen LogP contribution >= 0.6 is 15.9 Å². The second-order valence-corrected chi connectivity index (χ2v) is 5.30. The van der Waals surface area contributed by atoms with Gasteiger partial charge in [-0.3, -0.25) is 15.4 Å². The minimum atomic E-state index is -0.665. The topological polar surface area (TPSA) is 88.2 Å². The zero-order chi connectivity index (χ0) is 15.2. The first kappa shape index (κ1) is 16.4. The molecule has 7 heteroatoms. The molecule has 0 aliphatic heterocycles. The van der Waals surface area contributed by atoms with E-state index < -0.39 is 10.5 Å². The second-order valence-electron chi connectivity index (χ2n) is 4.44. The third kappa shape index (κ3) is 4.47. The van der Waals surface area contributed by atoms with Gasteiger partial charge in [0, 0.05) is 12.5 Å². The van der Waals surface area contributed by atoms with Crippen LogP contribution in [-0.2, 0) is 0 Å². The zero-order valence-electron chi connectivity index (χ0n) is 11.4. The van der Waals surface area contributed by atoms with Gasteiger partial charge in [0.25, 0.3) is 5.69 Å². The van der Waals surface area contributed by atoms with Gasteiger partial charge in [0.05, 0.1) is 28.1 Å². The lowest BCUT2D eigenvalue weighted by atomic mass is 10.0. The molecule has 0 spiro atoms. The first-order chi connectivity index (χ1) is 9.41. The number of nitro groups is 1. The second kappa shape index (κ2) is 7.22. The lowest BCUT2D eigenvalue weighted by Crippen LogP contribution is -2.42. The van der Waals surface area contributed by atoms with E-state index in [4.69, 9.17) is 10.00 Å². The van der Waals surface area contributed by atoms with Crippen LogP contribution in [0, 0.1) is 21.4 Å². The van der Waals surface area contributed by atoms with E-state index in [2.05, 4.69) is 27.3 Å². The molecule has 0 saturated heterocycles. The zero-order valence-corrected chi connectivity index (χ0v) is 12.9. The van der Waals surface area contributed by atoms with Gasteiger partial charge in [-0.2, -0.15) is 5.26 Å². The number of ether oxygens (including phenoxy) is 1. The summed E-state index contributed by atoms with van der Waals surface area (Å²) in [5.74, 6) is 0.399. The monoisotopic (exact) mass is 341 g/mol. The van der Waals surface area contributed by atoms with Crippen LogP contribution in [0.5, 0.6) is 5.75 Å². The van der Waals surface area contributed by atoms with E-state index in [0.29, 0.717) is 23.2 Å². The van der Waals surface area contributed by atoms with Crippen molar-refractivity contribution in [2.45, 2.75) is 25.8 Å². The summed E-state index contributed by atoms with van der Waals surface area (Å²) in [6.07, 6.45) is 0.479. The molecule has 0 bridgehead atoms. The van der Waals surface area contributed by atoms with Crippen LogP contribution in [-0.4, -0.2) is 23.6 Å². The molecular formula is C13H16BrN3O3. The van der Waals surface area contributed by atoms with Gasteiger partial charge in [-0.1, -0.05) is 6.92 Å². The first-order valence-corrected chi connectivity index (χ1v) is 6.94. The molecule has 1 aromatic rings. The molecule has 0 aromatic heterocycles. The fourth-order valence-corrected chi connectivity index (χ4v) is 2.02. The molecule has 0 aliphatic rings. The van der Waals surface area contributed by atoms with Gasteiger partial charge < -0.3 is 4.74 Å². The highest BCUT2D eigenvalue weighted by Crippen LogP contribution is 2.29. The van der Waals surface area contributed by atoms with Crippen molar-refractivity contribution in [3.8, 4) is 11.8 Å². The van der Waals surface area contributed by atoms with Crippen LogP contribution in [0.15, 0.2) is 22.7 Å². The maximum atomic E-state index is 10.7. The number of nitro benzene ring substituents is 1. The largest absolute Gasteiger partial charge is 0.492 e. The Morgan fingerprint density at radius 3 is 2.85 bits per heavy atom. The summed E-state index contributed by atoms with van der Waals surface area (Å²) in [6, 6.07) is 6.53. The molecule has 0 aliphatic carbocycles. The summed E-state index contributed by atoms with van der Waals surface area (Å²) in [5.41, 5.74) is -0.694. The number of hydrogen-bond acceptors (Lipinski definition) is 5. The van der Waals surface area contributed by atoms with Gasteiger partial charge in [-0.05, 0) is 35.5 Å². The summed E-state index contributed by atoms with van der Waals surface area (Å²) in [7, 11) is 0. The summed E-state index contributed by atoms with van der Waals surface area (Å²) < 4.78 is 6.17. The quantitative estimate of drug-likeness (QED) is 0.608. The lowest BCUT2D eigenvalue weighted by molar-refractivity contribution is -0.385. The normalized spacial score (nSPS) is 13.3. The summed E-state index contributed by atoms with van der Waals surface area (Å²) in [5, 5.41) is 22.9. The molecule has 20 heavy (non-hydrogen) atoms. The van der Waals surface area contributed by atoms with E-state index in [9.17, 15) is 10.1 Å². The van der Waals surface area contributed by atoms with E-state index in [1.807, 2.05) is 6.92 Å². The van der Waals surface area contributed by atoms with Crippen molar-refractivity contribution in [1.82, 2.24) is 5.32 Å². The molecule has 1 rings (SSSR count).